The number of hydrazine groups is 1. The Labute approximate surface area is 224 Å². The molecule has 0 bridgehead atoms. The van der Waals surface area contributed by atoms with Gasteiger partial charge in [0.05, 0.1) is 18.8 Å². The molecule has 0 saturated carbocycles. The van der Waals surface area contributed by atoms with Crippen molar-refractivity contribution < 1.29 is 14.4 Å². The van der Waals surface area contributed by atoms with E-state index in [1.54, 1.807) is 6.33 Å². The van der Waals surface area contributed by atoms with E-state index in [4.69, 9.17) is 4.98 Å². The van der Waals surface area contributed by atoms with Gasteiger partial charge in [0.25, 0.3) is 5.91 Å². The van der Waals surface area contributed by atoms with Crippen molar-refractivity contribution in [3.63, 3.8) is 0 Å². The first-order valence-electron chi connectivity index (χ1n) is 13.3. The predicted molar refractivity (Wildman–Crippen MR) is 143 cm³/mol. The number of imide groups is 1. The Kier molecular flexibility index (Phi) is 5.74. The summed E-state index contributed by atoms with van der Waals surface area (Å²) in [6.07, 6.45) is 9.97. The first-order valence-corrected chi connectivity index (χ1v) is 14.1. The van der Waals surface area contributed by atoms with Crippen LogP contribution in [-0.2, 0) is 30.7 Å². The quantitative estimate of drug-likeness (QED) is 0.555. The van der Waals surface area contributed by atoms with Crippen molar-refractivity contribution >= 4 is 45.0 Å². The number of carbonyl (C=O) groups is 3. The molecule has 1 N–H and O–H groups in total. The van der Waals surface area contributed by atoms with Crippen LogP contribution in [0.4, 0.5) is 4.79 Å². The normalized spacial score (nSPS) is 20.0. The van der Waals surface area contributed by atoms with E-state index in [0.717, 1.165) is 60.5 Å². The molecule has 194 valence electrons. The van der Waals surface area contributed by atoms with E-state index in [0.29, 0.717) is 12.1 Å². The van der Waals surface area contributed by atoms with Crippen molar-refractivity contribution in [2.45, 2.75) is 51.6 Å². The molecule has 1 fully saturated rings. The van der Waals surface area contributed by atoms with Gasteiger partial charge in [0.15, 0.2) is 0 Å². The number of hydrogen-bond donors (Lipinski definition) is 1. The molecule has 1 saturated heterocycles. The number of fused-ring (bicyclic) bond motifs is 4. The SMILES string of the molecule is O=C1CCN(N2Cc3cc(CN4CC=C(c5ncnc6sc7c(c56)CCCC7)CC4)ccc3C2=O)C(=O)N1. The van der Waals surface area contributed by atoms with E-state index in [-0.39, 0.29) is 24.8 Å². The summed E-state index contributed by atoms with van der Waals surface area (Å²) in [4.78, 5) is 51.1. The standard InChI is InChI=1S/C28H28N6O3S/c35-23-9-12-33(28(37)31-23)34-15-19-13-17(5-6-20(19)27(34)36)14-32-10-7-18(8-11-32)25-24-21-3-1-2-4-22(21)38-26(24)30-16-29-25/h5-7,13,16H,1-4,8-12,14-15H2,(H,31,35,37). The highest BCUT2D eigenvalue weighted by atomic mass is 32.1. The summed E-state index contributed by atoms with van der Waals surface area (Å²) in [5.41, 5.74) is 6.58. The smallest absolute Gasteiger partial charge is 0.295 e. The number of carbonyl (C=O) groups excluding carboxylic acids is 3. The molecule has 9 nitrogen and oxygen atoms in total. The van der Waals surface area contributed by atoms with Gasteiger partial charge in [0, 0.05) is 41.9 Å². The first-order chi connectivity index (χ1) is 18.5. The third kappa shape index (κ3) is 3.99. The Morgan fingerprint density at radius 3 is 2.71 bits per heavy atom. The van der Waals surface area contributed by atoms with E-state index in [1.807, 2.05) is 23.5 Å². The first kappa shape index (κ1) is 23.5. The molecule has 10 heteroatoms. The minimum Gasteiger partial charge on any atom is -0.295 e. The van der Waals surface area contributed by atoms with Crippen molar-refractivity contribution in [1.29, 1.82) is 0 Å². The summed E-state index contributed by atoms with van der Waals surface area (Å²) in [6.45, 7) is 3.12. The maximum Gasteiger partial charge on any atom is 0.342 e. The van der Waals surface area contributed by atoms with Gasteiger partial charge in [0.1, 0.15) is 11.2 Å². The summed E-state index contributed by atoms with van der Waals surface area (Å²) in [6, 6.07) is 5.40. The second-order valence-corrected chi connectivity index (χ2v) is 11.5. The summed E-state index contributed by atoms with van der Waals surface area (Å²) < 4.78 is 0. The molecular weight excluding hydrogens is 500 g/mol. The average Bonchev–Trinajstić information content (AvgIpc) is 3.46. The fourth-order valence-corrected chi connectivity index (χ4v) is 7.33. The van der Waals surface area contributed by atoms with Crippen LogP contribution >= 0.6 is 11.3 Å². The number of hydrogen-bond acceptors (Lipinski definition) is 7. The molecule has 0 atom stereocenters. The molecule has 0 unspecified atom stereocenters. The fourth-order valence-electron chi connectivity index (χ4n) is 6.10. The number of benzene rings is 1. The van der Waals surface area contributed by atoms with Gasteiger partial charge in [-0.05, 0) is 60.4 Å². The van der Waals surface area contributed by atoms with Crippen LogP contribution in [0.2, 0.25) is 0 Å². The largest absolute Gasteiger partial charge is 0.342 e. The molecule has 38 heavy (non-hydrogen) atoms. The molecule has 4 aliphatic rings. The number of nitrogens with one attached hydrogen (secondary N) is 1. The van der Waals surface area contributed by atoms with Crippen molar-refractivity contribution in [1.82, 2.24) is 30.2 Å². The number of thiophene rings is 1. The van der Waals surface area contributed by atoms with Crippen LogP contribution in [-0.4, -0.2) is 62.4 Å². The van der Waals surface area contributed by atoms with Gasteiger partial charge in [-0.15, -0.1) is 11.3 Å². The molecule has 0 radical (unpaired) electrons. The van der Waals surface area contributed by atoms with Crippen molar-refractivity contribution in [3.05, 3.63) is 63.4 Å². The minimum absolute atomic E-state index is 0.191. The molecular formula is C28H28N6O3S. The molecule has 2 aromatic heterocycles. The fraction of sp³-hybridized carbons (Fsp3) is 0.393. The lowest BCUT2D eigenvalue weighted by atomic mass is 9.93. The van der Waals surface area contributed by atoms with Crippen LogP contribution in [0.25, 0.3) is 15.8 Å². The molecule has 4 amide bonds. The van der Waals surface area contributed by atoms with E-state index in [1.165, 1.54) is 44.3 Å². The Bertz CT molecular complexity index is 1530. The number of amides is 4. The Hall–Kier alpha value is -3.63. The van der Waals surface area contributed by atoms with E-state index in [2.05, 4.69) is 27.3 Å². The van der Waals surface area contributed by atoms with Crippen molar-refractivity contribution in [2.24, 2.45) is 0 Å². The zero-order chi connectivity index (χ0) is 25.8. The van der Waals surface area contributed by atoms with Gasteiger partial charge in [-0.1, -0.05) is 18.2 Å². The van der Waals surface area contributed by atoms with E-state index < -0.39 is 6.03 Å². The molecule has 3 aliphatic heterocycles. The molecule has 5 heterocycles. The molecule has 7 rings (SSSR count). The summed E-state index contributed by atoms with van der Waals surface area (Å²) in [7, 11) is 0. The summed E-state index contributed by atoms with van der Waals surface area (Å²) in [5, 5.41) is 6.36. The van der Waals surface area contributed by atoms with Crippen LogP contribution in [0.3, 0.4) is 0 Å². The molecule has 0 spiro atoms. The Balaban J connectivity index is 1.06. The van der Waals surface area contributed by atoms with E-state index in [9.17, 15) is 14.4 Å². The van der Waals surface area contributed by atoms with Crippen LogP contribution in [0.1, 0.15) is 63.3 Å². The number of aryl methyl sites for hydroxylation is 2. The van der Waals surface area contributed by atoms with Crippen LogP contribution in [0, 0.1) is 0 Å². The van der Waals surface area contributed by atoms with Gasteiger partial charge < -0.3 is 0 Å². The van der Waals surface area contributed by atoms with Crippen LogP contribution in [0.5, 0.6) is 0 Å². The molecule has 1 aliphatic carbocycles. The van der Waals surface area contributed by atoms with Gasteiger partial charge >= 0.3 is 6.03 Å². The minimum atomic E-state index is -0.539. The number of aromatic nitrogens is 2. The van der Waals surface area contributed by atoms with E-state index >= 15 is 0 Å². The van der Waals surface area contributed by atoms with Crippen LogP contribution in [0.15, 0.2) is 30.6 Å². The second kappa shape index (κ2) is 9.28. The topological polar surface area (TPSA) is 98.7 Å². The highest BCUT2D eigenvalue weighted by Gasteiger charge is 2.37. The monoisotopic (exact) mass is 528 g/mol. The van der Waals surface area contributed by atoms with Gasteiger partial charge in [0.2, 0.25) is 5.91 Å². The molecule has 1 aromatic carbocycles. The lowest BCUT2D eigenvalue weighted by Gasteiger charge is -2.33. The van der Waals surface area contributed by atoms with Crippen LogP contribution < -0.4 is 5.32 Å². The maximum atomic E-state index is 13.0. The Morgan fingerprint density at radius 1 is 0.974 bits per heavy atom. The van der Waals surface area contributed by atoms with Crippen molar-refractivity contribution in [2.75, 3.05) is 19.6 Å². The molecule has 3 aromatic rings. The third-order valence-corrected chi connectivity index (χ3v) is 9.23. The predicted octanol–water partition coefficient (Wildman–Crippen LogP) is 3.67. The lowest BCUT2D eigenvalue weighted by Crippen LogP contribution is -2.56. The van der Waals surface area contributed by atoms with Gasteiger partial charge in [-0.25, -0.2) is 24.8 Å². The highest BCUT2D eigenvalue weighted by Crippen LogP contribution is 2.39. The zero-order valence-corrected chi connectivity index (χ0v) is 21.9. The number of nitrogens with zero attached hydrogens (tertiary/aromatic N) is 5. The third-order valence-electron chi connectivity index (χ3n) is 8.03. The van der Waals surface area contributed by atoms with Gasteiger partial charge in [-0.2, -0.15) is 0 Å². The van der Waals surface area contributed by atoms with Crippen molar-refractivity contribution in [3.8, 4) is 0 Å². The second-order valence-electron chi connectivity index (χ2n) is 10.4. The maximum absolute atomic E-state index is 13.0. The number of rotatable bonds is 4. The average molecular weight is 529 g/mol. The lowest BCUT2D eigenvalue weighted by molar-refractivity contribution is -0.123. The number of urea groups is 1. The highest BCUT2D eigenvalue weighted by molar-refractivity contribution is 7.18. The summed E-state index contributed by atoms with van der Waals surface area (Å²) >= 11 is 1.84. The Morgan fingerprint density at radius 2 is 1.87 bits per heavy atom. The summed E-state index contributed by atoms with van der Waals surface area (Å²) in [5.74, 6) is -0.511. The zero-order valence-electron chi connectivity index (χ0n) is 21.0. The van der Waals surface area contributed by atoms with Gasteiger partial charge in [-0.3, -0.25) is 19.8 Å².